The first kappa shape index (κ1) is 11.5. The van der Waals surface area contributed by atoms with Gasteiger partial charge in [0.15, 0.2) is 5.11 Å². The molecule has 3 nitrogen and oxygen atoms in total. The Morgan fingerprint density at radius 3 is 2.60 bits per heavy atom. The number of nitrogens with one attached hydrogen (secondary N) is 2. The number of benzene rings is 1. The van der Waals surface area contributed by atoms with Crippen molar-refractivity contribution in [2.75, 3.05) is 18.9 Å². The molecule has 0 aliphatic heterocycles. The highest BCUT2D eigenvalue weighted by Crippen LogP contribution is 2.07. The van der Waals surface area contributed by atoms with Gasteiger partial charge in [-0.05, 0) is 43.5 Å². The smallest absolute Gasteiger partial charge is 0.168 e. The van der Waals surface area contributed by atoms with Crippen molar-refractivity contribution in [1.29, 1.82) is 0 Å². The van der Waals surface area contributed by atoms with Crippen LogP contribution in [0.1, 0.15) is 5.56 Å². The van der Waals surface area contributed by atoms with Crippen LogP contribution in [-0.4, -0.2) is 18.7 Å². The Hall–Kier alpha value is -1.57. The Balaban J connectivity index is 2.65. The first-order valence-electron chi connectivity index (χ1n) is 4.52. The number of hydrogen-bond acceptors (Lipinski definition) is 2. The summed E-state index contributed by atoms with van der Waals surface area (Å²) in [6.45, 7) is 0.687. The van der Waals surface area contributed by atoms with E-state index in [9.17, 15) is 0 Å². The molecule has 78 valence electrons. The molecule has 0 radical (unpaired) electrons. The van der Waals surface area contributed by atoms with Crippen molar-refractivity contribution in [2.24, 2.45) is 5.73 Å². The van der Waals surface area contributed by atoms with E-state index in [4.69, 9.17) is 18.0 Å². The van der Waals surface area contributed by atoms with E-state index in [1.807, 2.05) is 31.3 Å². The minimum Gasteiger partial charge on any atom is -0.376 e. The van der Waals surface area contributed by atoms with Gasteiger partial charge < -0.3 is 16.4 Å². The topological polar surface area (TPSA) is 50.1 Å². The number of anilines is 1. The lowest BCUT2D eigenvalue weighted by Crippen LogP contribution is -2.18. The lowest BCUT2D eigenvalue weighted by Gasteiger charge is -2.02. The van der Waals surface area contributed by atoms with Crippen molar-refractivity contribution >= 4 is 23.0 Å². The van der Waals surface area contributed by atoms with Crippen LogP contribution in [0, 0.1) is 11.8 Å². The SMILES string of the molecule is CNCC#Cc1ccc(NC(N)=S)cc1. The van der Waals surface area contributed by atoms with E-state index in [0.717, 1.165) is 11.3 Å². The highest BCUT2D eigenvalue weighted by atomic mass is 32.1. The minimum absolute atomic E-state index is 0.268. The summed E-state index contributed by atoms with van der Waals surface area (Å²) in [6, 6.07) is 7.62. The summed E-state index contributed by atoms with van der Waals surface area (Å²) in [5.41, 5.74) is 7.19. The molecular weight excluding hydrogens is 206 g/mol. The number of hydrogen-bond donors (Lipinski definition) is 3. The lowest BCUT2D eigenvalue weighted by molar-refractivity contribution is 0.938. The zero-order valence-electron chi connectivity index (χ0n) is 8.50. The van der Waals surface area contributed by atoms with Gasteiger partial charge in [0.1, 0.15) is 0 Å². The molecule has 1 rings (SSSR count). The highest BCUT2D eigenvalue weighted by Gasteiger charge is 1.92. The van der Waals surface area contributed by atoms with Gasteiger partial charge in [-0.15, -0.1) is 0 Å². The second-order valence-electron chi connectivity index (χ2n) is 2.90. The molecule has 0 aliphatic carbocycles. The largest absolute Gasteiger partial charge is 0.376 e. The predicted molar refractivity (Wildman–Crippen MR) is 67.7 cm³/mol. The summed E-state index contributed by atoms with van der Waals surface area (Å²) in [7, 11) is 1.86. The molecule has 1 aromatic carbocycles. The summed E-state index contributed by atoms with van der Waals surface area (Å²) in [5.74, 6) is 6.00. The van der Waals surface area contributed by atoms with Gasteiger partial charge in [-0.2, -0.15) is 0 Å². The van der Waals surface area contributed by atoms with Gasteiger partial charge in [0.25, 0.3) is 0 Å². The molecule has 0 heterocycles. The van der Waals surface area contributed by atoms with Gasteiger partial charge in [-0.1, -0.05) is 11.8 Å². The van der Waals surface area contributed by atoms with Gasteiger partial charge in [0.2, 0.25) is 0 Å². The monoisotopic (exact) mass is 219 g/mol. The van der Waals surface area contributed by atoms with Crippen LogP contribution in [0.15, 0.2) is 24.3 Å². The number of nitrogens with two attached hydrogens (primary N) is 1. The van der Waals surface area contributed by atoms with Crippen molar-refractivity contribution in [2.45, 2.75) is 0 Å². The maximum Gasteiger partial charge on any atom is 0.168 e. The Morgan fingerprint density at radius 1 is 1.40 bits per heavy atom. The fraction of sp³-hybridized carbons (Fsp3) is 0.182. The zero-order chi connectivity index (χ0) is 11.1. The van der Waals surface area contributed by atoms with Crippen LogP contribution in [0.4, 0.5) is 5.69 Å². The molecule has 0 spiro atoms. The summed E-state index contributed by atoms with van der Waals surface area (Å²) in [6.07, 6.45) is 0. The molecule has 0 unspecified atom stereocenters. The minimum atomic E-state index is 0.268. The van der Waals surface area contributed by atoms with Crippen LogP contribution >= 0.6 is 12.2 Å². The zero-order valence-corrected chi connectivity index (χ0v) is 9.32. The van der Waals surface area contributed by atoms with Crippen molar-refractivity contribution in [1.82, 2.24) is 5.32 Å². The lowest BCUT2D eigenvalue weighted by atomic mass is 10.2. The molecule has 0 saturated heterocycles. The number of thiocarbonyl (C=S) groups is 1. The van der Waals surface area contributed by atoms with Crippen molar-refractivity contribution < 1.29 is 0 Å². The quantitative estimate of drug-likeness (QED) is 0.511. The summed E-state index contributed by atoms with van der Waals surface area (Å²) >= 11 is 4.73. The average molecular weight is 219 g/mol. The summed E-state index contributed by atoms with van der Waals surface area (Å²) < 4.78 is 0. The molecule has 15 heavy (non-hydrogen) atoms. The van der Waals surface area contributed by atoms with Crippen LogP contribution in [0.5, 0.6) is 0 Å². The van der Waals surface area contributed by atoms with E-state index >= 15 is 0 Å². The predicted octanol–water partition coefficient (Wildman–Crippen LogP) is 0.913. The average Bonchev–Trinajstić information content (AvgIpc) is 2.20. The normalized spacial score (nSPS) is 8.87. The van der Waals surface area contributed by atoms with E-state index < -0.39 is 0 Å². The molecule has 4 heteroatoms. The first-order valence-corrected chi connectivity index (χ1v) is 4.93. The van der Waals surface area contributed by atoms with Gasteiger partial charge in [-0.3, -0.25) is 0 Å². The van der Waals surface area contributed by atoms with Crippen LogP contribution in [0.25, 0.3) is 0 Å². The Morgan fingerprint density at radius 2 is 2.07 bits per heavy atom. The van der Waals surface area contributed by atoms with Crippen molar-refractivity contribution in [3.05, 3.63) is 29.8 Å². The molecule has 0 saturated carbocycles. The maximum absolute atomic E-state index is 5.34. The Labute approximate surface area is 95.1 Å². The van der Waals surface area contributed by atoms with Crippen LogP contribution in [0.2, 0.25) is 0 Å². The second kappa shape index (κ2) is 6.02. The van der Waals surface area contributed by atoms with Crippen LogP contribution in [0.3, 0.4) is 0 Å². The Bertz CT molecular complexity index is 387. The fourth-order valence-corrected chi connectivity index (χ4v) is 1.13. The fourth-order valence-electron chi connectivity index (χ4n) is 1.01. The summed E-state index contributed by atoms with van der Waals surface area (Å²) in [5, 5.41) is 6.07. The number of rotatable bonds is 2. The Kier molecular flexibility index (Phi) is 4.61. The van der Waals surface area contributed by atoms with E-state index in [0.29, 0.717) is 6.54 Å². The third-order valence-corrected chi connectivity index (χ3v) is 1.75. The van der Waals surface area contributed by atoms with Crippen LogP contribution in [-0.2, 0) is 0 Å². The van der Waals surface area contributed by atoms with Crippen molar-refractivity contribution in [3.8, 4) is 11.8 Å². The molecule has 0 fully saturated rings. The molecule has 4 N–H and O–H groups in total. The molecule has 0 bridgehead atoms. The molecule has 0 aliphatic rings. The van der Waals surface area contributed by atoms with Gasteiger partial charge in [-0.25, -0.2) is 0 Å². The molecular formula is C11H13N3S. The van der Waals surface area contributed by atoms with Gasteiger partial charge in [0.05, 0.1) is 6.54 Å². The van der Waals surface area contributed by atoms with Crippen LogP contribution < -0.4 is 16.4 Å². The van der Waals surface area contributed by atoms with E-state index in [1.165, 1.54) is 0 Å². The van der Waals surface area contributed by atoms with Gasteiger partial charge in [0, 0.05) is 11.3 Å². The molecule has 0 amide bonds. The van der Waals surface area contributed by atoms with E-state index in [2.05, 4.69) is 22.5 Å². The van der Waals surface area contributed by atoms with Crippen molar-refractivity contribution in [3.63, 3.8) is 0 Å². The van der Waals surface area contributed by atoms with E-state index in [-0.39, 0.29) is 5.11 Å². The maximum atomic E-state index is 5.34. The van der Waals surface area contributed by atoms with Gasteiger partial charge >= 0.3 is 0 Å². The third-order valence-electron chi connectivity index (χ3n) is 1.65. The molecule has 0 atom stereocenters. The molecule has 1 aromatic rings. The summed E-state index contributed by atoms with van der Waals surface area (Å²) in [4.78, 5) is 0. The third kappa shape index (κ3) is 4.45. The molecule has 0 aromatic heterocycles. The second-order valence-corrected chi connectivity index (χ2v) is 3.34. The standard InChI is InChI=1S/C11H13N3S/c1-13-8-2-3-9-4-6-10(7-5-9)14-11(12)15/h4-7,13H,8H2,1H3,(H3,12,14,15). The van der Waals surface area contributed by atoms with E-state index in [1.54, 1.807) is 0 Å². The first-order chi connectivity index (χ1) is 7.22. The highest BCUT2D eigenvalue weighted by molar-refractivity contribution is 7.80.